The SMILES string of the molecule is CCC[C@H]1C(=O)N(S(=O)(=O)c2ccccc2)[C@H]2CCN(C(=O)CCCCCN3CCCCC3)[C@H]12. The highest BCUT2D eigenvalue weighted by atomic mass is 32.2. The Bertz CT molecular complexity index is 946. The molecule has 0 aromatic heterocycles. The van der Waals surface area contributed by atoms with Crippen molar-refractivity contribution < 1.29 is 18.0 Å². The monoisotopic (exact) mass is 489 g/mol. The lowest BCUT2D eigenvalue weighted by atomic mass is 9.94. The largest absolute Gasteiger partial charge is 0.337 e. The summed E-state index contributed by atoms with van der Waals surface area (Å²) in [4.78, 5) is 31.0. The van der Waals surface area contributed by atoms with E-state index in [9.17, 15) is 18.0 Å². The van der Waals surface area contributed by atoms with Gasteiger partial charge in [0.2, 0.25) is 11.8 Å². The normalized spacial score (nSPS) is 25.7. The molecule has 3 fully saturated rings. The third-order valence-corrected chi connectivity index (χ3v) is 9.54. The van der Waals surface area contributed by atoms with E-state index >= 15 is 0 Å². The van der Waals surface area contributed by atoms with Crippen molar-refractivity contribution in [3.63, 3.8) is 0 Å². The molecule has 0 bridgehead atoms. The van der Waals surface area contributed by atoms with E-state index in [1.165, 1.54) is 44.5 Å². The molecule has 3 aliphatic heterocycles. The highest BCUT2D eigenvalue weighted by Gasteiger charge is 2.57. The van der Waals surface area contributed by atoms with Gasteiger partial charge in [0, 0.05) is 13.0 Å². The number of amides is 2. The third-order valence-electron chi connectivity index (χ3n) is 7.70. The molecule has 3 saturated heterocycles. The molecule has 0 radical (unpaired) electrons. The van der Waals surface area contributed by atoms with Crippen LogP contribution in [0.2, 0.25) is 0 Å². The van der Waals surface area contributed by atoms with E-state index < -0.39 is 22.0 Å². The van der Waals surface area contributed by atoms with Crippen molar-refractivity contribution in [1.29, 1.82) is 0 Å². The first kappa shape index (κ1) is 25.2. The summed E-state index contributed by atoms with van der Waals surface area (Å²) in [6, 6.07) is 7.37. The number of hydrogen-bond donors (Lipinski definition) is 0. The van der Waals surface area contributed by atoms with Crippen LogP contribution in [-0.4, -0.2) is 72.6 Å². The van der Waals surface area contributed by atoms with Crippen LogP contribution in [0.15, 0.2) is 35.2 Å². The van der Waals surface area contributed by atoms with E-state index in [-0.39, 0.29) is 22.8 Å². The van der Waals surface area contributed by atoms with Crippen LogP contribution >= 0.6 is 0 Å². The minimum atomic E-state index is -3.94. The van der Waals surface area contributed by atoms with Gasteiger partial charge in [-0.2, -0.15) is 0 Å². The summed E-state index contributed by atoms with van der Waals surface area (Å²) in [6.07, 6.45) is 9.28. The van der Waals surface area contributed by atoms with Crippen LogP contribution in [0.5, 0.6) is 0 Å². The van der Waals surface area contributed by atoms with Gasteiger partial charge in [0.15, 0.2) is 0 Å². The summed E-state index contributed by atoms with van der Waals surface area (Å²) in [7, 11) is -3.94. The Morgan fingerprint density at radius 3 is 2.44 bits per heavy atom. The first-order chi connectivity index (χ1) is 16.4. The van der Waals surface area contributed by atoms with Crippen LogP contribution in [0.4, 0.5) is 0 Å². The van der Waals surface area contributed by atoms with Crippen LogP contribution < -0.4 is 0 Å². The van der Waals surface area contributed by atoms with E-state index in [4.69, 9.17) is 0 Å². The van der Waals surface area contributed by atoms with Gasteiger partial charge in [0.05, 0.1) is 22.9 Å². The van der Waals surface area contributed by atoms with Crippen LogP contribution in [0, 0.1) is 5.92 Å². The predicted molar refractivity (Wildman–Crippen MR) is 132 cm³/mol. The average Bonchev–Trinajstić information content (AvgIpc) is 3.38. The molecule has 0 aliphatic carbocycles. The zero-order valence-corrected chi connectivity index (χ0v) is 21.2. The number of benzene rings is 1. The molecule has 0 spiro atoms. The fourth-order valence-corrected chi connectivity index (χ4v) is 7.71. The zero-order valence-electron chi connectivity index (χ0n) is 20.4. The summed E-state index contributed by atoms with van der Waals surface area (Å²) in [6.45, 7) is 6.04. The van der Waals surface area contributed by atoms with Gasteiger partial charge in [-0.05, 0) is 70.3 Å². The summed E-state index contributed by atoms with van der Waals surface area (Å²) in [5.41, 5.74) is 0. The van der Waals surface area contributed by atoms with Crippen molar-refractivity contribution in [2.45, 2.75) is 88.1 Å². The second kappa shape index (κ2) is 11.2. The van der Waals surface area contributed by atoms with E-state index in [0.29, 0.717) is 25.8 Å². The maximum atomic E-state index is 13.4. The molecule has 3 aliphatic rings. The predicted octanol–water partition coefficient (Wildman–Crippen LogP) is 3.65. The Kier molecular flexibility index (Phi) is 8.30. The lowest BCUT2D eigenvalue weighted by Crippen LogP contribution is -2.43. The second-order valence-electron chi connectivity index (χ2n) is 9.99. The molecule has 1 aromatic rings. The van der Waals surface area contributed by atoms with Crippen molar-refractivity contribution >= 4 is 21.8 Å². The minimum absolute atomic E-state index is 0.0679. The van der Waals surface area contributed by atoms with Gasteiger partial charge in [0.1, 0.15) is 0 Å². The zero-order chi connectivity index (χ0) is 24.1. The molecular weight excluding hydrogens is 450 g/mol. The molecule has 7 nitrogen and oxygen atoms in total. The molecular formula is C26H39N3O4S. The summed E-state index contributed by atoms with van der Waals surface area (Å²) in [5.74, 6) is -0.725. The molecule has 188 valence electrons. The number of nitrogens with zero attached hydrogens (tertiary/aromatic N) is 3. The van der Waals surface area contributed by atoms with Crippen molar-refractivity contribution in [3.8, 4) is 0 Å². The number of likely N-dealkylation sites (tertiary alicyclic amines) is 2. The third kappa shape index (κ3) is 5.18. The second-order valence-corrected chi connectivity index (χ2v) is 11.8. The van der Waals surface area contributed by atoms with Gasteiger partial charge < -0.3 is 9.80 Å². The van der Waals surface area contributed by atoms with Gasteiger partial charge in [-0.25, -0.2) is 12.7 Å². The van der Waals surface area contributed by atoms with E-state index in [2.05, 4.69) is 4.90 Å². The van der Waals surface area contributed by atoms with Crippen molar-refractivity contribution in [2.75, 3.05) is 26.2 Å². The minimum Gasteiger partial charge on any atom is -0.337 e. The lowest BCUT2D eigenvalue weighted by molar-refractivity contribution is -0.134. The van der Waals surface area contributed by atoms with Crippen LogP contribution in [0.3, 0.4) is 0 Å². The maximum absolute atomic E-state index is 13.4. The molecule has 34 heavy (non-hydrogen) atoms. The van der Waals surface area contributed by atoms with E-state index in [0.717, 1.165) is 36.5 Å². The van der Waals surface area contributed by atoms with E-state index in [1.807, 2.05) is 11.8 Å². The van der Waals surface area contributed by atoms with Gasteiger partial charge in [0.25, 0.3) is 10.0 Å². The number of piperidine rings is 1. The van der Waals surface area contributed by atoms with Gasteiger partial charge in [-0.1, -0.05) is 44.4 Å². The van der Waals surface area contributed by atoms with Crippen LogP contribution in [0.25, 0.3) is 0 Å². The maximum Gasteiger partial charge on any atom is 0.266 e. The van der Waals surface area contributed by atoms with Crippen LogP contribution in [0.1, 0.15) is 71.1 Å². The Morgan fingerprint density at radius 2 is 1.74 bits per heavy atom. The molecule has 8 heteroatoms. The Morgan fingerprint density at radius 1 is 1.00 bits per heavy atom. The molecule has 2 amide bonds. The van der Waals surface area contributed by atoms with Crippen molar-refractivity contribution in [2.24, 2.45) is 5.92 Å². The number of hydrogen-bond acceptors (Lipinski definition) is 5. The average molecular weight is 490 g/mol. The highest BCUT2D eigenvalue weighted by molar-refractivity contribution is 7.89. The molecule has 1 aromatic carbocycles. The molecule has 0 N–H and O–H groups in total. The van der Waals surface area contributed by atoms with Gasteiger partial charge >= 0.3 is 0 Å². The Balaban J connectivity index is 1.39. The van der Waals surface area contributed by atoms with Crippen molar-refractivity contribution in [1.82, 2.24) is 14.1 Å². The molecule has 0 unspecified atom stereocenters. The summed E-state index contributed by atoms with van der Waals surface area (Å²) < 4.78 is 27.9. The fraction of sp³-hybridized carbons (Fsp3) is 0.692. The highest BCUT2D eigenvalue weighted by Crippen LogP contribution is 2.41. The molecule has 4 rings (SSSR count). The van der Waals surface area contributed by atoms with E-state index in [1.54, 1.807) is 18.2 Å². The topological polar surface area (TPSA) is 78.0 Å². The number of carbonyl (C=O) groups is 2. The Hall–Kier alpha value is -1.93. The molecule has 0 saturated carbocycles. The number of rotatable bonds is 10. The number of carbonyl (C=O) groups excluding carboxylic acids is 2. The molecule has 3 heterocycles. The van der Waals surface area contributed by atoms with Crippen molar-refractivity contribution in [3.05, 3.63) is 30.3 Å². The quantitative estimate of drug-likeness (QED) is 0.469. The number of fused-ring (bicyclic) bond motifs is 1. The van der Waals surface area contributed by atoms with Crippen LogP contribution in [-0.2, 0) is 19.6 Å². The lowest BCUT2D eigenvalue weighted by Gasteiger charge is -2.28. The van der Waals surface area contributed by atoms with Gasteiger partial charge in [-0.15, -0.1) is 0 Å². The fourth-order valence-electron chi connectivity index (χ4n) is 6.03. The number of sulfonamides is 1. The standard InChI is InChI=1S/C26H39N3O4S/c1-2-12-22-25-23(29(26(22)31)34(32,33)21-13-6-3-7-14-21)16-20-28(25)24(30)15-8-4-9-17-27-18-10-5-11-19-27/h3,6-7,13-14,22-23,25H,2,4-5,8-12,15-20H2,1H3/t22-,23+,25-/m1/s1. The molecule has 3 atom stereocenters. The van der Waals surface area contributed by atoms with Gasteiger partial charge in [-0.3, -0.25) is 9.59 Å². The first-order valence-corrected chi connectivity index (χ1v) is 14.5. The smallest absolute Gasteiger partial charge is 0.266 e. The summed E-state index contributed by atoms with van der Waals surface area (Å²) >= 11 is 0. The summed E-state index contributed by atoms with van der Waals surface area (Å²) in [5, 5.41) is 0. The Labute approximate surface area is 204 Å². The number of unbranched alkanes of at least 4 members (excludes halogenated alkanes) is 2. The first-order valence-electron chi connectivity index (χ1n) is 13.1.